The molecule has 0 amide bonds. The van der Waals surface area contributed by atoms with Gasteiger partial charge in [-0.2, -0.15) is 10.1 Å². The Morgan fingerprint density at radius 2 is 2.04 bits per heavy atom. The maximum atomic E-state index is 4.62. The number of hydrogen-bond acceptors (Lipinski definition) is 6. The number of aromatic nitrogens is 7. The molecule has 26 heavy (non-hydrogen) atoms. The molecule has 0 aliphatic carbocycles. The topological polar surface area (TPSA) is 97.2 Å². The van der Waals surface area contributed by atoms with E-state index in [1.807, 2.05) is 41.0 Å². The van der Waals surface area contributed by atoms with Crippen molar-refractivity contribution in [3.8, 4) is 5.69 Å². The molecule has 0 spiro atoms. The number of benzene rings is 1. The van der Waals surface area contributed by atoms with Gasteiger partial charge in [0.2, 0.25) is 5.95 Å². The maximum absolute atomic E-state index is 4.62. The number of aromatic amines is 1. The van der Waals surface area contributed by atoms with Crippen molar-refractivity contribution in [1.82, 2.24) is 34.7 Å². The highest BCUT2D eigenvalue weighted by Crippen LogP contribution is 2.20. The molecule has 0 saturated carbocycles. The van der Waals surface area contributed by atoms with E-state index in [4.69, 9.17) is 0 Å². The molecule has 0 unspecified atom stereocenters. The Labute approximate surface area is 148 Å². The van der Waals surface area contributed by atoms with Gasteiger partial charge in [-0.05, 0) is 30.3 Å². The Morgan fingerprint density at radius 3 is 2.96 bits per heavy atom. The first-order chi connectivity index (χ1) is 12.9. The molecular weight excluding hydrogens is 328 g/mol. The molecule has 5 aromatic rings. The van der Waals surface area contributed by atoms with Crippen molar-refractivity contribution >= 4 is 28.0 Å². The van der Waals surface area contributed by atoms with Crippen molar-refractivity contribution < 1.29 is 0 Å². The number of nitrogens with zero attached hydrogens (tertiary/aromatic N) is 6. The minimum Gasteiger partial charge on any atom is -0.349 e. The zero-order valence-corrected chi connectivity index (χ0v) is 13.7. The number of H-pyrrole nitrogens is 1. The zero-order valence-electron chi connectivity index (χ0n) is 13.7. The first-order valence-corrected chi connectivity index (χ1v) is 8.14. The molecule has 4 heterocycles. The second kappa shape index (κ2) is 5.92. The van der Waals surface area contributed by atoms with Crippen molar-refractivity contribution in [3.05, 3.63) is 67.0 Å². The van der Waals surface area contributed by atoms with Crippen molar-refractivity contribution in [2.24, 2.45) is 0 Å². The summed E-state index contributed by atoms with van der Waals surface area (Å²) in [6.07, 6.45) is 7.03. The Morgan fingerprint density at radius 1 is 1.04 bits per heavy atom. The van der Waals surface area contributed by atoms with Crippen molar-refractivity contribution in [2.75, 3.05) is 5.32 Å². The number of anilines is 1. The van der Waals surface area contributed by atoms with E-state index >= 15 is 0 Å². The third kappa shape index (κ3) is 2.53. The third-order valence-corrected chi connectivity index (χ3v) is 4.15. The number of hydrogen-bond donors (Lipinski definition) is 2. The minimum absolute atomic E-state index is 0.535. The summed E-state index contributed by atoms with van der Waals surface area (Å²) in [5.74, 6) is 0.535. The van der Waals surface area contributed by atoms with Crippen molar-refractivity contribution in [3.63, 3.8) is 0 Å². The van der Waals surface area contributed by atoms with Crippen molar-refractivity contribution in [2.45, 2.75) is 6.54 Å². The molecule has 0 aliphatic rings. The second-order valence-corrected chi connectivity index (χ2v) is 5.83. The fraction of sp³-hybridized carbons (Fsp3) is 0.0556. The summed E-state index contributed by atoms with van der Waals surface area (Å²) >= 11 is 0. The van der Waals surface area contributed by atoms with E-state index in [0.717, 1.165) is 33.4 Å². The highest BCUT2D eigenvalue weighted by molar-refractivity contribution is 5.81. The van der Waals surface area contributed by atoms with Crippen LogP contribution in [0.5, 0.6) is 0 Å². The molecule has 8 nitrogen and oxygen atoms in total. The highest BCUT2D eigenvalue weighted by Gasteiger charge is 2.09. The zero-order chi connectivity index (χ0) is 17.3. The molecule has 0 saturated heterocycles. The predicted octanol–water partition coefficient (Wildman–Crippen LogP) is 2.70. The molecule has 0 atom stereocenters. The van der Waals surface area contributed by atoms with Crippen LogP contribution < -0.4 is 5.32 Å². The van der Waals surface area contributed by atoms with Gasteiger partial charge < -0.3 is 5.32 Å². The fourth-order valence-corrected chi connectivity index (χ4v) is 2.83. The van der Waals surface area contributed by atoms with E-state index in [0.29, 0.717) is 12.5 Å². The lowest BCUT2D eigenvalue weighted by molar-refractivity contribution is 0.999. The van der Waals surface area contributed by atoms with Gasteiger partial charge in [0, 0.05) is 11.6 Å². The van der Waals surface area contributed by atoms with Crippen LogP contribution >= 0.6 is 0 Å². The first-order valence-electron chi connectivity index (χ1n) is 8.14. The van der Waals surface area contributed by atoms with E-state index < -0.39 is 0 Å². The van der Waals surface area contributed by atoms with E-state index in [1.54, 1.807) is 24.9 Å². The fourth-order valence-electron chi connectivity index (χ4n) is 2.83. The standard InChI is InChI=1S/C18H14N8/c1-2-6-19-13(3-1)9-20-18-21-10-16-17(24-18)26(11-22-16)14-5-4-12-8-23-25-15(12)7-14/h1-8,10-11H,9H2,(H,23,25)(H,20,21,24). The van der Waals surface area contributed by atoms with Crippen LogP contribution in [0.25, 0.3) is 27.8 Å². The lowest BCUT2D eigenvalue weighted by Gasteiger charge is -2.06. The van der Waals surface area contributed by atoms with Gasteiger partial charge in [-0.25, -0.2) is 9.97 Å². The van der Waals surface area contributed by atoms with Gasteiger partial charge in [-0.15, -0.1) is 0 Å². The molecule has 0 radical (unpaired) electrons. The molecule has 4 aromatic heterocycles. The number of fused-ring (bicyclic) bond motifs is 2. The first kappa shape index (κ1) is 14.5. The molecule has 1 aromatic carbocycles. The van der Waals surface area contributed by atoms with E-state index in [-0.39, 0.29) is 0 Å². The van der Waals surface area contributed by atoms with Gasteiger partial charge in [-0.1, -0.05) is 6.07 Å². The van der Waals surface area contributed by atoms with Crippen LogP contribution in [-0.2, 0) is 6.54 Å². The van der Waals surface area contributed by atoms with E-state index in [9.17, 15) is 0 Å². The van der Waals surface area contributed by atoms with Crippen LogP contribution in [-0.4, -0.2) is 34.7 Å². The largest absolute Gasteiger partial charge is 0.349 e. The minimum atomic E-state index is 0.535. The van der Waals surface area contributed by atoms with Gasteiger partial charge in [-0.3, -0.25) is 14.6 Å². The second-order valence-electron chi connectivity index (χ2n) is 5.83. The summed E-state index contributed by atoms with van der Waals surface area (Å²) in [5, 5.41) is 11.3. The number of nitrogens with one attached hydrogen (secondary N) is 2. The van der Waals surface area contributed by atoms with Gasteiger partial charge in [0.1, 0.15) is 11.8 Å². The molecule has 8 heteroatoms. The average molecular weight is 342 g/mol. The smallest absolute Gasteiger partial charge is 0.225 e. The van der Waals surface area contributed by atoms with Crippen LogP contribution in [0.3, 0.4) is 0 Å². The quantitative estimate of drug-likeness (QED) is 0.521. The predicted molar refractivity (Wildman–Crippen MR) is 97.9 cm³/mol. The van der Waals surface area contributed by atoms with Gasteiger partial charge in [0.25, 0.3) is 0 Å². The van der Waals surface area contributed by atoms with Crippen LogP contribution in [0.15, 0.2) is 61.3 Å². The van der Waals surface area contributed by atoms with Crippen LogP contribution in [0, 0.1) is 0 Å². The summed E-state index contributed by atoms with van der Waals surface area (Å²) in [6.45, 7) is 0.556. The summed E-state index contributed by atoms with van der Waals surface area (Å²) in [4.78, 5) is 17.6. The SMILES string of the molecule is c1ccc(CNc2ncc3ncn(-c4ccc5cn[nH]c5c4)c3n2)nc1. The van der Waals surface area contributed by atoms with E-state index in [1.165, 1.54) is 0 Å². The Kier molecular flexibility index (Phi) is 3.31. The molecule has 2 N–H and O–H groups in total. The summed E-state index contributed by atoms with van der Waals surface area (Å²) in [7, 11) is 0. The van der Waals surface area contributed by atoms with Crippen LogP contribution in [0.4, 0.5) is 5.95 Å². The highest BCUT2D eigenvalue weighted by atomic mass is 15.2. The summed E-state index contributed by atoms with van der Waals surface area (Å²) in [6, 6.07) is 11.8. The summed E-state index contributed by atoms with van der Waals surface area (Å²) in [5.41, 5.74) is 4.32. The number of pyridine rings is 1. The van der Waals surface area contributed by atoms with Gasteiger partial charge in [0.05, 0.1) is 35.8 Å². The van der Waals surface area contributed by atoms with Gasteiger partial charge in [0.15, 0.2) is 5.65 Å². The van der Waals surface area contributed by atoms with E-state index in [2.05, 4.69) is 35.5 Å². The molecule has 0 bridgehead atoms. The third-order valence-electron chi connectivity index (χ3n) is 4.15. The molecule has 0 fully saturated rings. The number of imidazole rings is 1. The van der Waals surface area contributed by atoms with Crippen LogP contribution in [0.2, 0.25) is 0 Å². The lowest BCUT2D eigenvalue weighted by Crippen LogP contribution is -2.05. The summed E-state index contributed by atoms with van der Waals surface area (Å²) < 4.78 is 1.93. The molecule has 0 aliphatic heterocycles. The lowest BCUT2D eigenvalue weighted by atomic mass is 10.2. The normalized spacial score (nSPS) is 11.2. The monoisotopic (exact) mass is 342 g/mol. The average Bonchev–Trinajstić information content (AvgIpc) is 3.33. The van der Waals surface area contributed by atoms with Crippen molar-refractivity contribution in [1.29, 1.82) is 0 Å². The maximum Gasteiger partial charge on any atom is 0.225 e. The Balaban J connectivity index is 1.50. The molecule has 126 valence electrons. The Hall–Kier alpha value is -3.81. The molecule has 5 rings (SSSR count). The number of rotatable bonds is 4. The van der Waals surface area contributed by atoms with Crippen LogP contribution in [0.1, 0.15) is 5.69 Å². The Bertz CT molecular complexity index is 1190. The van der Waals surface area contributed by atoms with Gasteiger partial charge >= 0.3 is 0 Å². The molecular formula is C18H14N8.